The van der Waals surface area contributed by atoms with E-state index < -0.39 is 0 Å². The Labute approximate surface area is 171 Å². The molecular weight excluding hydrogens is 354 g/mol. The van der Waals surface area contributed by atoms with Crippen molar-refractivity contribution in [2.24, 2.45) is 11.3 Å². The number of carbonyl (C=O) groups is 2. The Morgan fingerprint density at radius 1 is 1.36 bits per heavy atom. The number of amides is 2. The molecule has 1 fully saturated rings. The highest BCUT2D eigenvalue weighted by molar-refractivity contribution is 5.78. The second-order valence-electron chi connectivity index (χ2n) is 9.61. The average molecular weight is 397 g/mol. The zero-order chi connectivity index (χ0) is 21.4. The van der Waals surface area contributed by atoms with Crippen LogP contribution in [0.4, 0.5) is 0 Å². The van der Waals surface area contributed by atoms with E-state index in [9.17, 15) is 9.59 Å². The summed E-state index contributed by atoms with van der Waals surface area (Å²) in [5.74, 6) is 0.962. The Kier molecular flexibility index (Phi) is 9.48. The Morgan fingerprint density at radius 3 is 2.57 bits per heavy atom. The predicted octanol–water partition coefficient (Wildman–Crippen LogP) is 2.79. The zero-order valence-electron chi connectivity index (χ0n) is 19.0. The summed E-state index contributed by atoms with van der Waals surface area (Å²) in [6, 6.07) is 0. The van der Waals surface area contributed by atoms with Crippen molar-refractivity contribution in [3.63, 3.8) is 0 Å². The van der Waals surface area contributed by atoms with Gasteiger partial charge in [0.1, 0.15) is 6.61 Å². The second kappa shape index (κ2) is 10.8. The van der Waals surface area contributed by atoms with Gasteiger partial charge in [0.05, 0.1) is 40.0 Å². The van der Waals surface area contributed by atoms with Gasteiger partial charge in [0.2, 0.25) is 11.8 Å². The van der Waals surface area contributed by atoms with Gasteiger partial charge in [-0.1, -0.05) is 27.4 Å². The Morgan fingerprint density at radius 2 is 2.04 bits per heavy atom. The Hall–Kier alpha value is -1.56. The molecule has 1 unspecified atom stereocenters. The molecule has 1 heterocycles. The summed E-state index contributed by atoms with van der Waals surface area (Å²) < 4.78 is 6.76. The van der Waals surface area contributed by atoms with E-state index in [1.54, 1.807) is 0 Å². The van der Waals surface area contributed by atoms with Gasteiger partial charge < -0.3 is 19.4 Å². The number of ether oxygens (including phenoxy) is 1. The highest BCUT2D eigenvalue weighted by atomic mass is 16.5. The van der Waals surface area contributed by atoms with Crippen LogP contribution in [0, 0.1) is 11.3 Å². The third kappa shape index (κ3) is 8.63. The molecule has 1 aliphatic heterocycles. The van der Waals surface area contributed by atoms with Gasteiger partial charge in [-0.25, -0.2) is 0 Å². The molecule has 0 saturated carbocycles. The lowest BCUT2D eigenvalue weighted by atomic mass is 9.80. The Bertz CT molecular complexity index is 538. The minimum Gasteiger partial charge on any atom is -0.496 e. The largest absolute Gasteiger partial charge is 0.496 e. The first-order valence-electron chi connectivity index (χ1n) is 10.6. The van der Waals surface area contributed by atoms with Crippen LogP contribution >= 0.6 is 0 Å². The molecule has 1 aliphatic rings. The molecule has 0 aliphatic carbocycles. The van der Waals surface area contributed by atoms with Gasteiger partial charge in [0.25, 0.3) is 0 Å². The fourth-order valence-electron chi connectivity index (χ4n) is 3.48. The minimum atomic E-state index is -0.296. The highest BCUT2D eigenvalue weighted by Crippen LogP contribution is 2.34. The van der Waals surface area contributed by atoms with Crippen molar-refractivity contribution in [3.8, 4) is 0 Å². The molecule has 0 aromatic carbocycles. The summed E-state index contributed by atoms with van der Waals surface area (Å²) in [5, 5.41) is 3.09. The van der Waals surface area contributed by atoms with Gasteiger partial charge in [0.15, 0.2) is 0 Å². The number of allylic oxidation sites excluding steroid dienone is 1. The monoisotopic (exact) mass is 396 g/mol. The molecule has 1 rings (SSSR count). The van der Waals surface area contributed by atoms with Crippen molar-refractivity contribution in [1.82, 2.24) is 10.2 Å². The summed E-state index contributed by atoms with van der Waals surface area (Å²) in [4.78, 5) is 26.1. The van der Waals surface area contributed by atoms with Crippen LogP contribution < -0.4 is 5.32 Å². The average Bonchev–Trinajstić information content (AvgIpc) is 3.00. The number of quaternary nitrogens is 1. The second-order valence-corrected chi connectivity index (χ2v) is 9.61. The van der Waals surface area contributed by atoms with Crippen molar-refractivity contribution < 1.29 is 18.8 Å². The SMILES string of the molecule is C=C(OCCN1CCCC1=O)C(C)(C)CC(CC)C(=O)NCCC[N+](C)(C)C. The van der Waals surface area contributed by atoms with Crippen LogP contribution in [0.3, 0.4) is 0 Å². The number of nitrogens with one attached hydrogen (secondary N) is 1. The van der Waals surface area contributed by atoms with Crippen molar-refractivity contribution in [3.05, 3.63) is 12.3 Å². The Balaban J connectivity index is 2.41. The molecule has 0 aromatic rings. The number of nitrogens with zero attached hydrogens (tertiary/aromatic N) is 2. The summed E-state index contributed by atoms with van der Waals surface area (Å²) in [6.45, 7) is 13.9. The molecule has 6 heteroatoms. The van der Waals surface area contributed by atoms with E-state index in [-0.39, 0.29) is 23.1 Å². The number of hydrogen-bond acceptors (Lipinski definition) is 3. The lowest BCUT2D eigenvalue weighted by Gasteiger charge is -2.31. The number of likely N-dealkylation sites (tertiary alicyclic amines) is 1. The lowest BCUT2D eigenvalue weighted by molar-refractivity contribution is -0.870. The van der Waals surface area contributed by atoms with Gasteiger partial charge in [-0.2, -0.15) is 0 Å². The molecule has 1 saturated heterocycles. The molecule has 0 spiro atoms. The van der Waals surface area contributed by atoms with Crippen LogP contribution in [-0.2, 0) is 14.3 Å². The van der Waals surface area contributed by atoms with Crippen molar-refractivity contribution in [1.29, 1.82) is 0 Å². The van der Waals surface area contributed by atoms with Gasteiger partial charge in [-0.05, 0) is 19.3 Å². The van der Waals surface area contributed by atoms with E-state index in [0.29, 0.717) is 38.3 Å². The van der Waals surface area contributed by atoms with Crippen molar-refractivity contribution in [2.45, 2.75) is 52.9 Å². The van der Waals surface area contributed by atoms with Crippen LogP contribution in [-0.4, -0.2) is 75.1 Å². The quantitative estimate of drug-likeness (QED) is 0.296. The van der Waals surface area contributed by atoms with Gasteiger partial charge in [-0.15, -0.1) is 0 Å². The topological polar surface area (TPSA) is 58.6 Å². The molecule has 0 aromatic heterocycles. The van der Waals surface area contributed by atoms with E-state index in [4.69, 9.17) is 4.74 Å². The maximum atomic E-state index is 12.6. The smallest absolute Gasteiger partial charge is 0.223 e. The van der Waals surface area contributed by atoms with Crippen LogP contribution in [0.15, 0.2) is 12.3 Å². The fourth-order valence-corrected chi connectivity index (χ4v) is 3.48. The normalized spacial score (nSPS) is 16.2. The van der Waals surface area contributed by atoms with Gasteiger partial charge >= 0.3 is 0 Å². The molecule has 28 heavy (non-hydrogen) atoms. The lowest BCUT2D eigenvalue weighted by Crippen LogP contribution is -2.39. The highest BCUT2D eigenvalue weighted by Gasteiger charge is 2.30. The van der Waals surface area contributed by atoms with Crippen LogP contribution in [0.25, 0.3) is 0 Å². The summed E-state index contributed by atoms with van der Waals surface area (Å²) in [7, 11) is 6.47. The van der Waals surface area contributed by atoms with Crippen molar-refractivity contribution >= 4 is 11.8 Å². The molecule has 6 nitrogen and oxygen atoms in total. The molecule has 0 radical (unpaired) electrons. The zero-order valence-corrected chi connectivity index (χ0v) is 19.0. The molecule has 2 amide bonds. The fraction of sp³-hybridized carbons (Fsp3) is 0.818. The van der Waals surface area contributed by atoms with Crippen LogP contribution in [0.2, 0.25) is 0 Å². The maximum absolute atomic E-state index is 12.6. The first-order chi connectivity index (χ1) is 13.0. The molecule has 1 N–H and O–H groups in total. The number of carbonyl (C=O) groups excluding carboxylic acids is 2. The van der Waals surface area contributed by atoms with Gasteiger partial charge in [-0.3, -0.25) is 9.59 Å². The van der Waals surface area contributed by atoms with Crippen LogP contribution in [0.1, 0.15) is 52.9 Å². The molecular formula is C22H42N3O3+. The third-order valence-corrected chi connectivity index (χ3v) is 5.49. The van der Waals surface area contributed by atoms with E-state index >= 15 is 0 Å². The van der Waals surface area contributed by atoms with Crippen LogP contribution in [0.5, 0.6) is 0 Å². The summed E-state index contributed by atoms with van der Waals surface area (Å²) >= 11 is 0. The molecule has 0 bridgehead atoms. The summed E-state index contributed by atoms with van der Waals surface area (Å²) in [5.41, 5.74) is -0.296. The number of rotatable bonds is 13. The predicted molar refractivity (Wildman–Crippen MR) is 114 cm³/mol. The first kappa shape index (κ1) is 24.5. The minimum absolute atomic E-state index is 0.0559. The standard InChI is InChI=1S/C22H41N3O3/c1-8-19(21(27)23-12-10-15-25(5,6)7)17-22(3,4)18(2)28-16-14-24-13-9-11-20(24)26/h19H,2,8-17H2,1,3-7H3/p+1. The first-order valence-corrected chi connectivity index (χ1v) is 10.6. The number of hydrogen-bond donors (Lipinski definition) is 1. The molecule has 162 valence electrons. The van der Waals surface area contributed by atoms with E-state index in [1.807, 2.05) is 4.90 Å². The molecule has 1 atom stereocenters. The third-order valence-electron chi connectivity index (χ3n) is 5.49. The van der Waals surface area contributed by atoms with Crippen molar-refractivity contribution in [2.75, 3.05) is 53.9 Å². The maximum Gasteiger partial charge on any atom is 0.223 e. The summed E-state index contributed by atoms with van der Waals surface area (Å²) in [6.07, 6.45) is 4.05. The van der Waals surface area contributed by atoms with E-state index in [2.05, 4.69) is 53.8 Å². The van der Waals surface area contributed by atoms with Gasteiger partial charge in [0, 0.05) is 37.3 Å². The van der Waals surface area contributed by atoms with E-state index in [1.165, 1.54) is 0 Å². The van der Waals surface area contributed by atoms with E-state index in [0.717, 1.165) is 36.8 Å².